The van der Waals surface area contributed by atoms with E-state index < -0.39 is 5.97 Å². The fourth-order valence-electron chi connectivity index (χ4n) is 1.22. The quantitative estimate of drug-likeness (QED) is 0.764. The molecule has 0 saturated carbocycles. The predicted molar refractivity (Wildman–Crippen MR) is 62.4 cm³/mol. The van der Waals surface area contributed by atoms with Gasteiger partial charge in [0.25, 0.3) is 0 Å². The molecule has 0 fully saturated rings. The van der Waals surface area contributed by atoms with E-state index in [-0.39, 0.29) is 11.9 Å². The van der Waals surface area contributed by atoms with E-state index in [1.165, 1.54) is 4.88 Å². The van der Waals surface area contributed by atoms with Crippen molar-refractivity contribution in [2.75, 3.05) is 0 Å². The second-order valence-electron chi connectivity index (χ2n) is 3.36. The predicted octanol–water partition coefficient (Wildman–Crippen LogP) is 1.44. The minimum absolute atomic E-state index is 0.00963. The van der Waals surface area contributed by atoms with Gasteiger partial charge in [0, 0.05) is 29.5 Å². The van der Waals surface area contributed by atoms with Crippen molar-refractivity contribution in [3.8, 4) is 0 Å². The Balaban J connectivity index is 2.37. The summed E-state index contributed by atoms with van der Waals surface area (Å²) in [6, 6.07) is 3.95. The van der Waals surface area contributed by atoms with E-state index >= 15 is 0 Å². The van der Waals surface area contributed by atoms with Crippen molar-refractivity contribution in [3.63, 3.8) is 0 Å². The van der Waals surface area contributed by atoms with Crippen LogP contribution in [0.2, 0.25) is 0 Å². The molecule has 1 unspecified atom stereocenters. The van der Waals surface area contributed by atoms with Crippen LogP contribution in [-0.4, -0.2) is 23.0 Å². The largest absolute Gasteiger partial charge is 0.478 e. The smallest absolute Gasteiger partial charge is 0.328 e. The number of carbonyl (C=O) groups is 2. The van der Waals surface area contributed by atoms with Gasteiger partial charge in [-0.1, -0.05) is 6.07 Å². The molecule has 1 amide bonds. The van der Waals surface area contributed by atoms with E-state index in [0.717, 1.165) is 18.6 Å². The highest BCUT2D eigenvalue weighted by atomic mass is 32.1. The Kier molecular flexibility index (Phi) is 4.72. The summed E-state index contributed by atoms with van der Waals surface area (Å²) in [5.41, 5.74) is 0. The molecule has 16 heavy (non-hydrogen) atoms. The minimum atomic E-state index is -1.12. The maximum atomic E-state index is 11.2. The van der Waals surface area contributed by atoms with E-state index in [1.807, 2.05) is 24.4 Å². The molecule has 2 N–H and O–H groups in total. The normalized spacial score (nSPS) is 12.6. The van der Waals surface area contributed by atoms with Crippen LogP contribution in [0.4, 0.5) is 0 Å². The van der Waals surface area contributed by atoms with Crippen molar-refractivity contribution in [3.05, 3.63) is 34.5 Å². The van der Waals surface area contributed by atoms with Crippen LogP contribution in [0.25, 0.3) is 0 Å². The molecule has 1 atom stereocenters. The molecule has 1 aromatic rings. The van der Waals surface area contributed by atoms with Crippen LogP contribution in [0.3, 0.4) is 0 Å². The maximum absolute atomic E-state index is 11.2. The lowest BCUT2D eigenvalue weighted by Gasteiger charge is -2.10. The summed E-state index contributed by atoms with van der Waals surface area (Å²) in [5.74, 6) is -1.51. The van der Waals surface area contributed by atoms with E-state index in [1.54, 1.807) is 11.3 Å². The number of carbonyl (C=O) groups excluding carboxylic acids is 1. The van der Waals surface area contributed by atoms with E-state index in [0.29, 0.717) is 0 Å². The summed E-state index contributed by atoms with van der Waals surface area (Å²) in [6.07, 6.45) is 2.60. The highest BCUT2D eigenvalue weighted by Crippen LogP contribution is 2.10. The lowest BCUT2D eigenvalue weighted by molar-refractivity contribution is -0.131. The third-order valence-corrected chi connectivity index (χ3v) is 2.75. The van der Waals surface area contributed by atoms with Gasteiger partial charge in [-0.05, 0) is 18.4 Å². The molecule has 0 saturated heterocycles. The number of aliphatic carboxylic acids is 1. The molecular weight excluding hydrogens is 226 g/mol. The van der Waals surface area contributed by atoms with Gasteiger partial charge < -0.3 is 10.4 Å². The standard InChI is InChI=1S/C11H13NO3S/c1-8(7-9-3-2-6-16-9)12-10(13)4-5-11(14)15/h2-6,8H,7H2,1H3,(H,12,13)(H,14,15)/b5-4+. The highest BCUT2D eigenvalue weighted by Gasteiger charge is 2.06. The molecule has 0 bridgehead atoms. The number of hydrogen-bond donors (Lipinski definition) is 2. The Labute approximate surface area is 97.6 Å². The summed E-state index contributed by atoms with van der Waals surface area (Å²) in [5, 5.41) is 13.0. The van der Waals surface area contributed by atoms with Crippen molar-refractivity contribution < 1.29 is 14.7 Å². The third-order valence-electron chi connectivity index (χ3n) is 1.85. The van der Waals surface area contributed by atoms with E-state index in [2.05, 4.69) is 5.32 Å². The van der Waals surface area contributed by atoms with Crippen molar-refractivity contribution >= 4 is 23.2 Å². The molecule has 0 aliphatic heterocycles. The first-order valence-electron chi connectivity index (χ1n) is 4.82. The Bertz CT molecular complexity index is 384. The molecule has 4 nitrogen and oxygen atoms in total. The zero-order valence-electron chi connectivity index (χ0n) is 8.84. The Hall–Kier alpha value is -1.62. The molecule has 0 aromatic carbocycles. The average Bonchev–Trinajstić information content (AvgIpc) is 2.67. The van der Waals surface area contributed by atoms with Gasteiger partial charge in [0.2, 0.25) is 5.91 Å². The average molecular weight is 239 g/mol. The first kappa shape index (κ1) is 12.4. The van der Waals surface area contributed by atoms with Gasteiger partial charge in [-0.25, -0.2) is 4.79 Å². The fourth-order valence-corrected chi connectivity index (χ4v) is 2.05. The van der Waals surface area contributed by atoms with Gasteiger partial charge in [-0.3, -0.25) is 4.79 Å². The highest BCUT2D eigenvalue weighted by molar-refractivity contribution is 7.09. The second-order valence-corrected chi connectivity index (χ2v) is 4.40. The van der Waals surface area contributed by atoms with Crippen molar-refractivity contribution in [2.24, 2.45) is 0 Å². The molecule has 0 spiro atoms. The van der Waals surface area contributed by atoms with Gasteiger partial charge in [-0.2, -0.15) is 0 Å². The van der Waals surface area contributed by atoms with Gasteiger partial charge in [-0.15, -0.1) is 11.3 Å². The summed E-state index contributed by atoms with van der Waals surface area (Å²) in [6.45, 7) is 1.88. The van der Waals surface area contributed by atoms with Gasteiger partial charge in [0.05, 0.1) is 0 Å². The SMILES string of the molecule is CC(Cc1cccs1)NC(=O)/C=C/C(=O)O. The maximum Gasteiger partial charge on any atom is 0.328 e. The first-order valence-corrected chi connectivity index (χ1v) is 5.70. The van der Waals surface area contributed by atoms with Crippen LogP contribution in [0.1, 0.15) is 11.8 Å². The van der Waals surface area contributed by atoms with Crippen LogP contribution < -0.4 is 5.32 Å². The molecule has 1 aromatic heterocycles. The van der Waals surface area contributed by atoms with Gasteiger partial charge in [0.1, 0.15) is 0 Å². The second kappa shape index (κ2) is 6.07. The van der Waals surface area contributed by atoms with Crippen molar-refractivity contribution in [1.82, 2.24) is 5.32 Å². The van der Waals surface area contributed by atoms with E-state index in [4.69, 9.17) is 5.11 Å². The number of hydrogen-bond acceptors (Lipinski definition) is 3. The lowest BCUT2D eigenvalue weighted by atomic mass is 10.2. The fraction of sp³-hybridized carbons (Fsp3) is 0.273. The van der Waals surface area contributed by atoms with Gasteiger partial charge in [0.15, 0.2) is 0 Å². The zero-order valence-corrected chi connectivity index (χ0v) is 9.66. The molecule has 5 heteroatoms. The molecule has 1 heterocycles. The van der Waals surface area contributed by atoms with Crippen molar-refractivity contribution in [1.29, 1.82) is 0 Å². The van der Waals surface area contributed by atoms with Crippen molar-refractivity contribution in [2.45, 2.75) is 19.4 Å². The topological polar surface area (TPSA) is 66.4 Å². The molecule has 0 aliphatic rings. The summed E-state index contributed by atoms with van der Waals surface area (Å²) < 4.78 is 0. The van der Waals surface area contributed by atoms with Crippen LogP contribution in [0.5, 0.6) is 0 Å². The van der Waals surface area contributed by atoms with Gasteiger partial charge >= 0.3 is 5.97 Å². The summed E-state index contributed by atoms with van der Waals surface area (Å²) in [7, 11) is 0. The zero-order chi connectivity index (χ0) is 12.0. The van der Waals surface area contributed by atoms with Crippen LogP contribution in [0.15, 0.2) is 29.7 Å². The summed E-state index contributed by atoms with van der Waals surface area (Å²) >= 11 is 1.63. The number of nitrogens with one attached hydrogen (secondary N) is 1. The molecule has 86 valence electrons. The minimum Gasteiger partial charge on any atom is -0.478 e. The Morgan fingerprint density at radius 3 is 2.88 bits per heavy atom. The number of carboxylic acids is 1. The van der Waals surface area contributed by atoms with E-state index in [9.17, 15) is 9.59 Å². The Morgan fingerprint density at radius 2 is 2.31 bits per heavy atom. The van der Waals surface area contributed by atoms with Crippen LogP contribution >= 0.6 is 11.3 Å². The lowest BCUT2D eigenvalue weighted by Crippen LogP contribution is -2.32. The Morgan fingerprint density at radius 1 is 1.56 bits per heavy atom. The molecular formula is C11H13NO3S. The molecule has 1 rings (SSSR count). The number of rotatable bonds is 5. The number of amides is 1. The third kappa shape index (κ3) is 4.75. The summed E-state index contributed by atoms with van der Waals surface area (Å²) in [4.78, 5) is 22.6. The van der Waals surface area contributed by atoms with Crippen LogP contribution in [-0.2, 0) is 16.0 Å². The van der Waals surface area contributed by atoms with Crippen LogP contribution in [0, 0.1) is 0 Å². The number of thiophene rings is 1. The molecule has 0 aliphatic carbocycles. The molecule has 0 radical (unpaired) electrons. The first-order chi connectivity index (χ1) is 7.58. The monoisotopic (exact) mass is 239 g/mol. The number of carboxylic acid groups (broad SMARTS) is 1.